The summed E-state index contributed by atoms with van der Waals surface area (Å²) in [7, 11) is 3.16. The average Bonchev–Trinajstić information content (AvgIpc) is 2.27. The van der Waals surface area contributed by atoms with Crippen molar-refractivity contribution in [1.29, 1.82) is 0 Å². The Morgan fingerprint density at radius 2 is 2.00 bits per heavy atom. The number of nitrogens with zero attached hydrogens (tertiary/aromatic N) is 1. The number of nitrogens with one attached hydrogen (secondary N) is 1. The number of carbonyl (C=O) groups is 2. The SMILES string of the molecule is CC(NC(=O)c1ccc(N)cc1F)C(=O)N(C)C. The van der Waals surface area contributed by atoms with Crippen molar-refractivity contribution in [3.8, 4) is 0 Å². The zero-order valence-corrected chi connectivity index (χ0v) is 10.5. The second-order valence-corrected chi connectivity index (χ2v) is 4.17. The van der Waals surface area contributed by atoms with Crippen molar-refractivity contribution < 1.29 is 14.0 Å². The minimum atomic E-state index is -0.718. The first-order valence-electron chi connectivity index (χ1n) is 5.40. The molecule has 0 aromatic heterocycles. The van der Waals surface area contributed by atoms with Gasteiger partial charge in [0.25, 0.3) is 5.91 Å². The van der Waals surface area contributed by atoms with Crippen molar-refractivity contribution in [2.24, 2.45) is 0 Å². The molecule has 1 atom stereocenters. The Morgan fingerprint density at radius 1 is 1.39 bits per heavy atom. The van der Waals surface area contributed by atoms with Gasteiger partial charge in [0.1, 0.15) is 11.9 Å². The van der Waals surface area contributed by atoms with Gasteiger partial charge in [0.2, 0.25) is 5.91 Å². The second kappa shape index (κ2) is 5.48. The highest BCUT2D eigenvalue weighted by molar-refractivity contribution is 5.97. The monoisotopic (exact) mass is 253 g/mol. The van der Waals surface area contributed by atoms with Gasteiger partial charge in [0.15, 0.2) is 0 Å². The summed E-state index contributed by atoms with van der Waals surface area (Å²) in [6, 6.07) is 3.06. The molecule has 0 bridgehead atoms. The van der Waals surface area contributed by atoms with Crippen LogP contribution in [0.15, 0.2) is 18.2 Å². The smallest absolute Gasteiger partial charge is 0.254 e. The summed E-state index contributed by atoms with van der Waals surface area (Å²) in [5.41, 5.74) is 5.49. The van der Waals surface area contributed by atoms with E-state index in [2.05, 4.69) is 5.32 Å². The fourth-order valence-corrected chi connectivity index (χ4v) is 1.44. The van der Waals surface area contributed by atoms with Crippen molar-refractivity contribution in [1.82, 2.24) is 10.2 Å². The van der Waals surface area contributed by atoms with E-state index in [1.165, 1.54) is 24.0 Å². The molecule has 0 saturated carbocycles. The molecule has 0 saturated heterocycles. The van der Waals surface area contributed by atoms with Gasteiger partial charge in [-0.3, -0.25) is 9.59 Å². The van der Waals surface area contributed by atoms with Crippen LogP contribution < -0.4 is 11.1 Å². The zero-order valence-electron chi connectivity index (χ0n) is 10.5. The highest BCUT2D eigenvalue weighted by Crippen LogP contribution is 2.11. The molecule has 18 heavy (non-hydrogen) atoms. The number of nitrogens with two attached hydrogens (primary N) is 1. The number of carbonyl (C=O) groups excluding carboxylic acids is 2. The van der Waals surface area contributed by atoms with Crippen LogP contribution in [0, 0.1) is 5.82 Å². The van der Waals surface area contributed by atoms with Crippen LogP contribution in [0.3, 0.4) is 0 Å². The van der Waals surface area contributed by atoms with Gasteiger partial charge in [-0.05, 0) is 25.1 Å². The van der Waals surface area contributed by atoms with Crippen LogP contribution in [0.25, 0.3) is 0 Å². The van der Waals surface area contributed by atoms with E-state index in [1.54, 1.807) is 14.1 Å². The molecule has 5 nitrogen and oxygen atoms in total. The first-order chi connectivity index (χ1) is 8.32. The van der Waals surface area contributed by atoms with Crippen molar-refractivity contribution >= 4 is 17.5 Å². The molecule has 0 radical (unpaired) electrons. The molecule has 6 heteroatoms. The highest BCUT2D eigenvalue weighted by Gasteiger charge is 2.19. The molecule has 1 aromatic carbocycles. The van der Waals surface area contributed by atoms with Gasteiger partial charge in [-0.1, -0.05) is 0 Å². The van der Waals surface area contributed by atoms with E-state index >= 15 is 0 Å². The van der Waals surface area contributed by atoms with Crippen molar-refractivity contribution in [2.75, 3.05) is 19.8 Å². The summed E-state index contributed by atoms with van der Waals surface area (Å²) >= 11 is 0. The maximum atomic E-state index is 13.5. The number of hydrogen-bond donors (Lipinski definition) is 2. The molecular weight excluding hydrogens is 237 g/mol. The Kier molecular flexibility index (Phi) is 4.25. The number of rotatable bonds is 3. The summed E-state index contributed by atoms with van der Waals surface area (Å²) in [4.78, 5) is 24.6. The molecule has 0 aliphatic carbocycles. The number of nitrogen functional groups attached to an aromatic ring is 1. The Hall–Kier alpha value is -2.11. The van der Waals surface area contributed by atoms with Gasteiger partial charge in [-0.2, -0.15) is 0 Å². The van der Waals surface area contributed by atoms with E-state index in [4.69, 9.17) is 5.73 Å². The summed E-state index contributed by atoms with van der Waals surface area (Å²) < 4.78 is 13.5. The number of hydrogen-bond acceptors (Lipinski definition) is 3. The number of anilines is 1. The fraction of sp³-hybridized carbons (Fsp3) is 0.333. The second-order valence-electron chi connectivity index (χ2n) is 4.17. The summed E-state index contributed by atoms with van der Waals surface area (Å²) in [6.07, 6.45) is 0. The maximum absolute atomic E-state index is 13.5. The van der Waals surface area contributed by atoms with Crippen molar-refractivity contribution in [3.05, 3.63) is 29.6 Å². The number of amides is 2. The van der Waals surface area contributed by atoms with E-state index in [0.717, 1.165) is 6.07 Å². The lowest BCUT2D eigenvalue weighted by atomic mass is 10.1. The van der Waals surface area contributed by atoms with Crippen LogP contribution in [0.5, 0.6) is 0 Å². The largest absolute Gasteiger partial charge is 0.399 e. The molecule has 0 spiro atoms. The normalized spacial score (nSPS) is 11.8. The predicted molar refractivity (Wildman–Crippen MR) is 66.4 cm³/mol. The molecule has 1 unspecified atom stereocenters. The van der Waals surface area contributed by atoms with Crippen molar-refractivity contribution in [2.45, 2.75) is 13.0 Å². The van der Waals surface area contributed by atoms with Gasteiger partial charge in [-0.25, -0.2) is 4.39 Å². The molecule has 2 amide bonds. The molecule has 0 aliphatic heterocycles. The van der Waals surface area contributed by atoms with Gasteiger partial charge >= 0.3 is 0 Å². The minimum Gasteiger partial charge on any atom is -0.399 e. The van der Waals surface area contributed by atoms with E-state index < -0.39 is 17.8 Å². The third-order valence-corrected chi connectivity index (χ3v) is 2.40. The maximum Gasteiger partial charge on any atom is 0.254 e. The molecule has 0 aliphatic rings. The lowest BCUT2D eigenvalue weighted by Crippen LogP contribution is -2.44. The Balaban J connectivity index is 2.80. The molecular formula is C12H16FN3O2. The first-order valence-corrected chi connectivity index (χ1v) is 5.40. The summed E-state index contributed by atoms with van der Waals surface area (Å²) in [6.45, 7) is 1.54. The third kappa shape index (κ3) is 3.19. The van der Waals surface area contributed by atoms with E-state index in [-0.39, 0.29) is 17.2 Å². The number of halogens is 1. The summed E-state index contributed by atoms with van der Waals surface area (Å²) in [5, 5.41) is 2.43. The molecule has 1 rings (SSSR count). The van der Waals surface area contributed by atoms with E-state index in [1.807, 2.05) is 0 Å². The Morgan fingerprint density at radius 3 is 2.50 bits per heavy atom. The highest BCUT2D eigenvalue weighted by atomic mass is 19.1. The van der Waals surface area contributed by atoms with Gasteiger partial charge < -0.3 is 16.0 Å². The topological polar surface area (TPSA) is 75.4 Å². The quantitative estimate of drug-likeness (QED) is 0.775. The van der Waals surface area contributed by atoms with E-state index in [0.29, 0.717) is 0 Å². The average molecular weight is 253 g/mol. The molecule has 1 aromatic rings. The zero-order chi connectivity index (χ0) is 13.9. The molecule has 0 fully saturated rings. The van der Waals surface area contributed by atoms with Crippen LogP contribution in [-0.4, -0.2) is 36.9 Å². The fourth-order valence-electron chi connectivity index (χ4n) is 1.44. The van der Waals surface area contributed by atoms with Crippen LogP contribution in [0.4, 0.5) is 10.1 Å². The Bertz CT molecular complexity index is 474. The molecule has 3 N–H and O–H groups in total. The van der Waals surface area contributed by atoms with Crippen LogP contribution >= 0.6 is 0 Å². The lowest BCUT2D eigenvalue weighted by Gasteiger charge is -2.18. The molecule has 0 heterocycles. The minimum absolute atomic E-state index is 0.136. The third-order valence-electron chi connectivity index (χ3n) is 2.40. The van der Waals surface area contributed by atoms with Gasteiger partial charge in [0, 0.05) is 19.8 Å². The number of likely N-dealkylation sites (N-methyl/N-ethyl adjacent to an activating group) is 1. The van der Waals surface area contributed by atoms with Crippen LogP contribution in [0.1, 0.15) is 17.3 Å². The first kappa shape index (κ1) is 14.0. The van der Waals surface area contributed by atoms with Crippen LogP contribution in [0.2, 0.25) is 0 Å². The van der Waals surface area contributed by atoms with Gasteiger partial charge in [0.05, 0.1) is 5.56 Å². The Labute approximate surface area is 105 Å². The lowest BCUT2D eigenvalue weighted by molar-refractivity contribution is -0.130. The standard InChI is InChI=1S/C12H16FN3O2/c1-7(12(18)16(2)3)15-11(17)9-5-4-8(14)6-10(9)13/h4-7H,14H2,1-3H3,(H,15,17). The summed E-state index contributed by atoms with van der Waals surface area (Å²) in [5.74, 6) is -1.62. The predicted octanol–water partition coefficient (Wildman–Crippen LogP) is 0.614. The van der Waals surface area contributed by atoms with Crippen LogP contribution in [-0.2, 0) is 4.79 Å². The van der Waals surface area contributed by atoms with Crippen molar-refractivity contribution in [3.63, 3.8) is 0 Å². The van der Waals surface area contributed by atoms with Gasteiger partial charge in [-0.15, -0.1) is 0 Å². The van der Waals surface area contributed by atoms with E-state index in [9.17, 15) is 14.0 Å². The number of benzene rings is 1. The molecule has 98 valence electrons.